The third-order valence-corrected chi connectivity index (χ3v) is 5.23. The Kier molecular flexibility index (Phi) is 4.15. The van der Waals surface area contributed by atoms with E-state index in [1.54, 1.807) is 0 Å². The first-order valence-electron chi connectivity index (χ1n) is 7.32. The van der Waals surface area contributed by atoms with Gasteiger partial charge in [0, 0.05) is 18.1 Å². The fourth-order valence-electron chi connectivity index (χ4n) is 3.75. The van der Waals surface area contributed by atoms with Crippen molar-refractivity contribution in [3.8, 4) is 0 Å². The molecule has 1 amide bonds. The molecule has 3 saturated carbocycles. The van der Waals surface area contributed by atoms with E-state index in [1.165, 1.54) is 25.7 Å². The number of hydrogen-bond acceptors (Lipinski definition) is 3. The average molecular weight is 289 g/mol. The highest BCUT2D eigenvalue weighted by atomic mass is 35.5. The van der Waals surface area contributed by atoms with Gasteiger partial charge in [-0.2, -0.15) is 0 Å². The zero-order chi connectivity index (χ0) is 12.8. The van der Waals surface area contributed by atoms with Gasteiger partial charge in [-0.25, -0.2) is 0 Å². The molecule has 4 nitrogen and oxygen atoms in total. The number of carbonyl (C=O) groups is 1. The number of nitrogens with two attached hydrogens (primary N) is 1. The van der Waals surface area contributed by atoms with E-state index in [0.29, 0.717) is 12.1 Å². The molecule has 0 aromatic carbocycles. The molecule has 2 atom stereocenters. The number of halogens is 1. The van der Waals surface area contributed by atoms with Gasteiger partial charge in [-0.05, 0) is 39.0 Å². The number of rotatable bonds is 4. The van der Waals surface area contributed by atoms with E-state index in [4.69, 9.17) is 10.5 Å². The van der Waals surface area contributed by atoms with E-state index in [9.17, 15) is 4.79 Å². The zero-order valence-electron chi connectivity index (χ0n) is 11.6. The topological polar surface area (TPSA) is 64.3 Å². The third kappa shape index (κ3) is 2.39. The molecule has 3 N–H and O–H groups in total. The minimum Gasteiger partial charge on any atom is -0.378 e. The minimum absolute atomic E-state index is 0. The highest BCUT2D eigenvalue weighted by molar-refractivity contribution is 5.89. The molecule has 2 unspecified atom stereocenters. The van der Waals surface area contributed by atoms with E-state index in [2.05, 4.69) is 5.32 Å². The first-order chi connectivity index (χ1) is 8.61. The van der Waals surface area contributed by atoms with Crippen molar-refractivity contribution >= 4 is 18.3 Å². The maximum atomic E-state index is 12.1. The van der Waals surface area contributed by atoms with Gasteiger partial charge < -0.3 is 15.8 Å². The molecule has 3 fully saturated rings. The van der Waals surface area contributed by atoms with Gasteiger partial charge in [0.15, 0.2) is 0 Å². The minimum atomic E-state index is -0.545. The summed E-state index contributed by atoms with van der Waals surface area (Å²) in [5.41, 5.74) is 5.63. The van der Waals surface area contributed by atoms with Gasteiger partial charge in [-0.15, -0.1) is 12.4 Å². The van der Waals surface area contributed by atoms with Crippen molar-refractivity contribution in [2.24, 2.45) is 11.1 Å². The molecule has 0 saturated heterocycles. The summed E-state index contributed by atoms with van der Waals surface area (Å²) >= 11 is 0. The van der Waals surface area contributed by atoms with Crippen LogP contribution in [0.3, 0.4) is 0 Å². The van der Waals surface area contributed by atoms with Crippen LogP contribution in [0.25, 0.3) is 0 Å². The van der Waals surface area contributed by atoms with Crippen LogP contribution in [0.1, 0.15) is 51.9 Å². The standard InChI is InChI=1S/C14H24N2O2.ClH/c1-2-18-11-9-10(13(11)5-3-4-6-13)16-12(17)14(15)7-8-14;/h10-11H,2-9,15H2,1H3,(H,16,17);1H. The highest BCUT2D eigenvalue weighted by Gasteiger charge is 2.58. The Hall–Kier alpha value is -0.320. The largest absolute Gasteiger partial charge is 0.378 e. The van der Waals surface area contributed by atoms with Gasteiger partial charge in [0.1, 0.15) is 0 Å². The number of ether oxygens (including phenoxy) is 1. The molecule has 3 aliphatic carbocycles. The molecule has 0 radical (unpaired) electrons. The lowest BCUT2D eigenvalue weighted by atomic mass is 9.60. The van der Waals surface area contributed by atoms with Crippen LogP contribution in [0.15, 0.2) is 0 Å². The van der Waals surface area contributed by atoms with E-state index in [0.717, 1.165) is 25.9 Å². The molecule has 0 aliphatic heterocycles. The summed E-state index contributed by atoms with van der Waals surface area (Å²) in [7, 11) is 0. The Labute approximate surface area is 121 Å². The Morgan fingerprint density at radius 3 is 2.47 bits per heavy atom. The van der Waals surface area contributed by atoms with Gasteiger partial charge in [0.2, 0.25) is 5.91 Å². The molecular weight excluding hydrogens is 264 g/mol. The second kappa shape index (κ2) is 5.23. The summed E-state index contributed by atoms with van der Waals surface area (Å²) in [5.74, 6) is 0.0636. The lowest BCUT2D eigenvalue weighted by Crippen LogP contribution is -2.65. The summed E-state index contributed by atoms with van der Waals surface area (Å²) in [6.45, 7) is 2.82. The smallest absolute Gasteiger partial charge is 0.240 e. The molecule has 110 valence electrons. The maximum absolute atomic E-state index is 12.1. The lowest BCUT2D eigenvalue weighted by molar-refractivity contribution is -0.145. The molecule has 0 bridgehead atoms. The zero-order valence-corrected chi connectivity index (χ0v) is 12.4. The van der Waals surface area contributed by atoms with Crippen LogP contribution in [0.4, 0.5) is 0 Å². The monoisotopic (exact) mass is 288 g/mol. The number of hydrogen-bond donors (Lipinski definition) is 2. The van der Waals surface area contributed by atoms with Gasteiger partial charge in [-0.1, -0.05) is 12.8 Å². The van der Waals surface area contributed by atoms with Crippen molar-refractivity contribution in [1.29, 1.82) is 0 Å². The molecule has 0 heterocycles. The summed E-state index contributed by atoms with van der Waals surface area (Å²) in [4.78, 5) is 12.1. The van der Waals surface area contributed by atoms with Crippen LogP contribution >= 0.6 is 12.4 Å². The molecule has 0 aromatic heterocycles. The Bertz CT molecular complexity index is 351. The quantitative estimate of drug-likeness (QED) is 0.828. The number of carbonyl (C=O) groups excluding carboxylic acids is 1. The molecular formula is C14H25ClN2O2. The Morgan fingerprint density at radius 2 is 1.95 bits per heavy atom. The second-order valence-electron chi connectivity index (χ2n) is 6.30. The Balaban J connectivity index is 0.00000133. The number of nitrogens with one attached hydrogen (secondary N) is 1. The predicted molar refractivity (Wildman–Crippen MR) is 76.3 cm³/mol. The Morgan fingerprint density at radius 1 is 1.32 bits per heavy atom. The first kappa shape index (κ1) is 15.1. The van der Waals surface area contributed by atoms with Crippen molar-refractivity contribution in [3.63, 3.8) is 0 Å². The first-order valence-corrected chi connectivity index (χ1v) is 7.32. The molecule has 1 spiro atoms. The summed E-state index contributed by atoms with van der Waals surface area (Å²) < 4.78 is 5.85. The van der Waals surface area contributed by atoms with Crippen LogP contribution in [0, 0.1) is 5.41 Å². The fraction of sp³-hybridized carbons (Fsp3) is 0.929. The van der Waals surface area contributed by atoms with Crippen LogP contribution in [0.5, 0.6) is 0 Å². The number of amides is 1. The van der Waals surface area contributed by atoms with E-state index >= 15 is 0 Å². The molecule has 19 heavy (non-hydrogen) atoms. The third-order valence-electron chi connectivity index (χ3n) is 5.23. The van der Waals surface area contributed by atoms with Crippen LogP contribution in [-0.2, 0) is 9.53 Å². The fourth-order valence-corrected chi connectivity index (χ4v) is 3.75. The highest BCUT2D eigenvalue weighted by Crippen LogP contribution is 2.55. The van der Waals surface area contributed by atoms with E-state index in [1.807, 2.05) is 6.92 Å². The normalized spacial score (nSPS) is 33.4. The lowest BCUT2D eigenvalue weighted by Gasteiger charge is -2.54. The van der Waals surface area contributed by atoms with E-state index in [-0.39, 0.29) is 23.7 Å². The van der Waals surface area contributed by atoms with Gasteiger partial charge in [0.25, 0.3) is 0 Å². The maximum Gasteiger partial charge on any atom is 0.240 e. The molecule has 0 aromatic rings. The second-order valence-corrected chi connectivity index (χ2v) is 6.30. The van der Waals surface area contributed by atoms with Gasteiger partial charge >= 0.3 is 0 Å². The molecule has 5 heteroatoms. The predicted octanol–water partition coefficient (Wildman–Crippen LogP) is 1.75. The van der Waals surface area contributed by atoms with E-state index < -0.39 is 5.54 Å². The van der Waals surface area contributed by atoms with Crippen LogP contribution in [0.2, 0.25) is 0 Å². The SMILES string of the molecule is CCOC1CC(NC(=O)C2(N)CC2)C12CCCC2.Cl. The van der Waals surface area contributed by atoms with Gasteiger partial charge in [-0.3, -0.25) is 4.79 Å². The molecule has 3 aliphatic rings. The van der Waals surface area contributed by atoms with Crippen molar-refractivity contribution in [2.75, 3.05) is 6.61 Å². The average Bonchev–Trinajstić information content (AvgIpc) is 2.92. The van der Waals surface area contributed by atoms with Gasteiger partial charge in [0.05, 0.1) is 11.6 Å². The van der Waals surface area contributed by atoms with Crippen LogP contribution in [-0.4, -0.2) is 30.2 Å². The van der Waals surface area contributed by atoms with Crippen molar-refractivity contribution in [2.45, 2.75) is 69.6 Å². The van der Waals surface area contributed by atoms with Crippen LogP contribution < -0.4 is 11.1 Å². The molecule has 3 rings (SSSR count). The summed E-state index contributed by atoms with van der Waals surface area (Å²) in [6.07, 6.45) is 7.92. The van der Waals surface area contributed by atoms with Crippen molar-refractivity contribution in [3.05, 3.63) is 0 Å². The summed E-state index contributed by atoms with van der Waals surface area (Å²) in [5, 5.41) is 3.20. The van der Waals surface area contributed by atoms with Crippen molar-refractivity contribution < 1.29 is 9.53 Å². The summed E-state index contributed by atoms with van der Waals surface area (Å²) in [6, 6.07) is 0.296. The van der Waals surface area contributed by atoms with Crippen molar-refractivity contribution in [1.82, 2.24) is 5.32 Å².